The van der Waals surface area contributed by atoms with Crippen molar-refractivity contribution in [3.63, 3.8) is 0 Å². The summed E-state index contributed by atoms with van der Waals surface area (Å²) in [4.78, 5) is 16.7. The molecule has 1 aliphatic carbocycles. The third kappa shape index (κ3) is 2.36. The van der Waals surface area contributed by atoms with Crippen molar-refractivity contribution in [3.8, 4) is 0 Å². The first-order chi connectivity index (χ1) is 8.83. The minimum Gasteiger partial charge on any atom is -0.365 e. The highest BCUT2D eigenvalue weighted by Gasteiger charge is 2.16. The van der Waals surface area contributed by atoms with Crippen LogP contribution in [0.15, 0.2) is 12.4 Å². The van der Waals surface area contributed by atoms with Gasteiger partial charge < -0.3 is 5.32 Å². The molecule has 0 unspecified atom stereocenters. The SMILES string of the molecule is Clc1nc(NC2CCCCC2)c2nccnc2n1. The average Bonchev–Trinajstić information content (AvgIpc) is 2.40. The van der Waals surface area contributed by atoms with Gasteiger partial charge in [-0.1, -0.05) is 19.3 Å². The lowest BCUT2D eigenvalue weighted by Crippen LogP contribution is -2.23. The lowest BCUT2D eigenvalue weighted by atomic mass is 9.95. The summed E-state index contributed by atoms with van der Waals surface area (Å²) in [5.41, 5.74) is 1.23. The molecular weight excluding hydrogens is 250 g/mol. The molecule has 1 saturated carbocycles. The predicted molar refractivity (Wildman–Crippen MR) is 70.6 cm³/mol. The lowest BCUT2D eigenvalue weighted by molar-refractivity contribution is 0.462. The molecule has 6 heteroatoms. The van der Waals surface area contributed by atoms with Crippen LogP contribution in [0.1, 0.15) is 32.1 Å². The number of nitrogens with zero attached hydrogens (tertiary/aromatic N) is 4. The van der Waals surface area contributed by atoms with Gasteiger partial charge in [-0.15, -0.1) is 0 Å². The molecule has 0 radical (unpaired) electrons. The van der Waals surface area contributed by atoms with Crippen LogP contribution in [-0.4, -0.2) is 26.0 Å². The molecule has 0 amide bonds. The van der Waals surface area contributed by atoms with Crippen molar-refractivity contribution in [1.29, 1.82) is 0 Å². The van der Waals surface area contributed by atoms with Gasteiger partial charge in [0.1, 0.15) is 0 Å². The third-order valence-corrected chi connectivity index (χ3v) is 3.42. The van der Waals surface area contributed by atoms with Gasteiger partial charge >= 0.3 is 0 Å². The molecule has 18 heavy (non-hydrogen) atoms. The molecule has 0 atom stereocenters. The topological polar surface area (TPSA) is 63.6 Å². The maximum Gasteiger partial charge on any atom is 0.226 e. The summed E-state index contributed by atoms with van der Waals surface area (Å²) in [5.74, 6) is 0.699. The lowest BCUT2D eigenvalue weighted by Gasteiger charge is -2.23. The van der Waals surface area contributed by atoms with Crippen molar-refractivity contribution in [2.75, 3.05) is 5.32 Å². The zero-order valence-corrected chi connectivity index (χ0v) is 10.7. The van der Waals surface area contributed by atoms with E-state index in [1.807, 2.05) is 0 Å². The Morgan fingerprint density at radius 1 is 1.06 bits per heavy atom. The number of nitrogens with one attached hydrogen (secondary N) is 1. The number of aromatic nitrogens is 4. The predicted octanol–water partition coefficient (Wildman–Crippen LogP) is 2.82. The Morgan fingerprint density at radius 3 is 2.67 bits per heavy atom. The number of rotatable bonds is 2. The van der Waals surface area contributed by atoms with Crippen LogP contribution in [0.3, 0.4) is 0 Å². The Bertz CT molecular complexity index is 553. The quantitative estimate of drug-likeness (QED) is 0.844. The van der Waals surface area contributed by atoms with Crippen molar-refractivity contribution in [1.82, 2.24) is 19.9 Å². The minimum absolute atomic E-state index is 0.210. The third-order valence-electron chi connectivity index (χ3n) is 3.25. The highest BCUT2D eigenvalue weighted by molar-refractivity contribution is 6.28. The summed E-state index contributed by atoms with van der Waals surface area (Å²) in [6, 6.07) is 0.454. The van der Waals surface area contributed by atoms with Gasteiger partial charge in [0.05, 0.1) is 0 Å². The van der Waals surface area contributed by atoms with Crippen LogP contribution in [0.4, 0.5) is 5.82 Å². The fraction of sp³-hybridized carbons (Fsp3) is 0.500. The summed E-state index contributed by atoms with van der Waals surface area (Å²) in [6.45, 7) is 0. The van der Waals surface area contributed by atoms with Gasteiger partial charge in [-0.05, 0) is 24.4 Å². The van der Waals surface area contributed by atoms with Gasteiger partial charge in [-0.25, -0.2) is 9.97 Å². The molecule has 0 saturated heterocycles. The smallest absolute Gasteiger partial charge is 0.226 e. The van der Waals surface area contributed by atoms with Gasteiger partial charge in [0.25, 0.3) is 0 Å². The summed E-state index contributed by atoms with van der Waals surface area (Å²) >= 11 is 5.91. The Labute approximate surface area is 110 Å². The first-order valence-electron chi connectivity index (χ1n) is 6.24. The average molecular weight is 264 g/mol. The van der Waals surface area contributed by atoms with E-state index in [9.17, 15) is 0 Å². The van der Waals surface area contributed by atoms with Crippen molar-refractivity contribution < 1.29 is 0 Å². The second-order valence-electron chi connectivity index (χ2n) is 4.55. The summed E-state index contributed by atoms with van der Waals surface area (Å²) < 4.78 is 0. The molecule has 2 heterocycles. The Kier molecular flexibility index (Phi) is 3.23. The van der Waals surface area contributed by atoms with E-state index < -0.39 is 0 Å². The fourth-order valence-electron chi connectivity index (χ4n) is 2.38. The normalized spacial score (nSPS) is 16.9. The van der Waals surface area contributed by atoms with Gasteiger partial charge in [0.15, 0.2) is 17.0 Å². The van der Waals surface area contributed by atoms with E-state index >= 15 is 0 Å². The van der Waals surface area contributed by atoms with E-state index in [-0.39, 0.29) is 5.28 Å². The molecule has 1 aliphatic rings. The number of fused-ring (bicyclic) bond motifs is 1. The second kappa shape index (κ2) is 5.02. The van der Waals surface area contributed by atoms with E-state index in [0.717, 1.165) is 0 Å². The highest BCUT2D eigenvalue weighted by atomic mass is 35.5. The molecule has 0 aliphatic heterocycles. The maximum atomic E-state index is 5.91. The van der Waals surface area contributed by atoms with E-state index in [0.29, 0.717) is 23.0 Å². The van der Waals surface area contributed by atoms with Gasteiger partial charge in [-0.2, -0.15) is 9.97 Å². The fourth-order valence-corrected chi connectivity index (χ4v) is 2.54. The van der Waals surface area contributed by atoms with E-state index in [4.69, 9.17) is 11.6 Å². The molecule has 94 valence electrons. The van der Waals surface area contributed by atoms with E-state index in [1.54, 1.807) is 12.4 Å². The van der Waals surface area contributed by atoms with Crippen molar-refractivity contribution in [3.05, 3.63) is 17.7 Å². The van der Waals surface area contributed by atoms with Crippen LogP contribution in [0.5, 0.6) is 0 Å². The van der Waals surface area contributed by atoms with Crippen molar-refractivity contribution in [2.24, 2.45) is 0 Å². The Morgan fingerprint density at radius 2 is 1.83 bits per heavy atom. The van der Waals surface area contributed by atoms with Gasteiger partial charge in [0.2, 0.25) is 5.28 Å². The maximum absolute atomic E-state index is 5.91. The van der Waals surface area contributed by atoms with Crippen molar-refractivity contribution in [2.45, 2.75) is 38.1 Å². The summed E-state index contributed by atoms with van der Waals surface area (Å²) in [6.07, 6.45) is 9.44. The number of anilines is 1. The second-order valence-corrected chi connectivity index (χ2v) is 4.89. The van der Waals surface area contributed by atoms with Crippen LogP contribution in [0.25, 0.3) is 11.2 Å². The van der Waals surface area contributed by atoms with Gasteiger partial charge in [-0.3, -0.25) is 0 Å². The van der Waals surface area contributed by atoms with E-state index in [2.05, 4.69) is 25.3 Å². The number of halogens is 1. The van der Waals surface area contributed by atoms with Crippen LogP contribution in [0.2, 0.25) is 5.28 Å². The minimum atomic E-state index is 0.210. The van der Waals surface area contributed by atoms with Crippen LogP contribution in [0, 0.1) is 0 Å². The Balaban J connectivity index is 1.94. The largest absolute Gasteiger partial charge is 0.365 e. The monoisotopic (exact) mass is 263 g/mol. The molecule has 2 aromatic heterocycles. The number of hydrogen-bond donors (Lipinski definition) is 1. The molecule has 3 rings (SSSR count). The number of hydrogen-bond acceptors (Lipinski definition) is 5. The summed E-state index contributed by atoms with van der Waals surface area (Å²) in [7, 11) is 0. The molecular formula is C12H14ClN5. The van der Waals surface area contributed by atoms with Crippen LogP contribution >= 0.6 is 11.6 Å². The van der Waals surface area contributed by atoms with E-state index in [1.165, 1.54) is 32.1 Å². The molecule has 1 N–H and O–H groups in total. The molecule has 0 spiro atoms. The first-order valence-corrected chi connectivity index (χ1v) is 6.61. The zero-order valence-electron chi connectivity index (χ0n) is 9.93. The first kappa shape index (κ1) is 11.6. The molecule has 0 aromatic carbocycles. The zero-order chi connectivity index (χ0) is 12.4. The molecule has 0 bridgehead atoms. The Hall–Kier alpha value is -1.49. The summed E-state index contributed by atoms with van der Waals surface area (Å²) in [5, 5.41) is 3.64. The van der Waals surface area contributed by atoms with Crippen LogP contribution < -0.4 is 5.32 Å². The standard InChI is InChI=1S/C12H14ClN5/c13-12-17-10-9(14-6-7-15-10)11(18-12)16-8-4-2-1-3-5-8/h6-8H,1-5H2,(H,15,16,17,18). The van der Waals surface area contributed by atoms with Crippen molar-refractivity contribution >= 4 is 28.6 Å². The molecule has 5 nitrogen and oxygen atoms in total. The van der Waals surface area contributed by atoms with Gasteiger partial charge in [0, 0.05) is 18.4 Å². The molecule has 2 aromatic rings. The highest BCUT2D eigenvalue weighted by Crippen LogP contribution is 2.24. The molecule has 1 fully saturated rings. The van der Waals surface area contributed by atoms with Crippen LogP contribution in [-0.2, 0) is 0 Å².